The van der Waals surface area contributed by atoms with Crippen molar-refractivity contribution in [3.8, 4) is 17.2 Å². The summed E-state index contributed by atoms with van der Waals surface area (Å²) in [4.78, 5) is 12.1. The molecule has 2 aromatic rings. The third kappa shape index (κ3) is 4.00. The van der Waals surface area contributed by atoms with Crippen LogP contribution in [0.4, 0.5) is 0 Å². The molecule has 120 valence electrons. The molecule has 0 aliphatic carbocycles. The first-order chi connectivity index (χ1) is 11.0. The maximum atomic E-state index is 12.1. The lowest BCUT2D eigenvalue weighted by Crippen LogP contribution is -2.19. The maximum Gasteiger partial charge on any atom is 0.271 e. The summed E-state index contributed by atoms with van der Waals surface area (Å²) in [5.41, 5.74) is 4.32. The molecule has 6 nitrogen and oxygen atoms in total. The van der Waals surface area contributed by atoms with Crippen LogP contribution in [-0.2, 0) is 0 Å². The van der Waals surface area contributed by atoms with E-state index in [2.05, 4.69) is 10.5 Å². The van der Waals surface area contributed by atoms with E-state index in [4.69, 9.17) is 9.47 Å². The van der Waals surface area contributed by atoms with E-state index in [1.165, 1.54) is 14.2 Å². The molecule has 2 aromatic carbocycles. The number of ether oxygens (including phenoxy) is 2. The summed E-state index contributed by atoms with van der Waals surface area (Å²) in [5.74, 6) is 0.840. The second-order valence-electron chi connectivity index (χ2n) is 4.75. The van der Waals surface area contributed by atoms with E-state index in [0.717, 1.165) is 5.56 Å². The van der Waals surface area contributed by atoms with Crippen LogP contribution >= 0.6 is 0 Å². The minimum atomic E-state index is -0.357. The standard InChI is InChI=1S/C17H18N2O4/c1-11(12-4-7-14(20)8-5-12)18-19-17(21)13-6-9-15(22-2)16(10-13)23-3/h4-10,20H,1-3H3,(H,19,21)/b18-11+. The summed E-state index contributed by atoms with van der Waals surface area (Å²) in [6.07, 6.45) is 0. The van der Waals surface area contributed by atoms with E-state index >= 15 is 0 Å². The van der Waals surface area contributed by atoms with Crippen molar-refractivity contribution in [3.63, 3.8) is 0 Å². The van der Waals surface area contributed by atoms with Gasteiger partial charge in [0, 0.05) is 5.56 Å². The minimum Gasteiger partial charge on any atom is -0.508 e. The average molecular weight is 314 g/mol. The largest absolute Gasteiger partial charge is 0.508 e. The number of methoxy groups -OCH3 is 2. The van der Waals surface area contributed by atoms with E-state index in [1.807, 2.05) is 0 Å². The van der Waals surface area contributed by atoms with Crippen molar-refractivity contribution in [2.45, 2.75) is 6.92 Å². The lowest BCUT2D eigenvalue weighted by Gasteiger charge is -2.09. The minimum absolute atomic E-state index is 0.177. The lowest BCUT2D eigenvalue weighted by molar-refractivity contribution is 0.0954. The Bertz CT molecular complexity index is 724. The molecule has 0 atom stereocenters. The summed E-state index contributed by atoms with van der Waals surface area (Å²) in [5, 5.41) is 13.3. The van der Waals surface area contributed by atoms with Crippen molar-refractivity contribution in [1.29, 1.82) is 0 Å². The number of hydrogen-bond donors (Lipinski definition) is 2. The maximum absolute atomic E-state index is 12.1. The Labute approximate surface area is 134 Å². The quantitative estimate of drug-likeness (QED) is 0.656. The van der Waals surface area contributed by atoms with Gasteiger partial charge in [0.25, 0.3) is 5.91 Å². The molecular weight excluding hydrogens is 296 g/mol. The zero-order chi connectivity index (χ0) is 16.8. The first-order valence-corrected chi connectivity index (χ1v) is 6.91. The van der Waals surface area contributed by atoms with Gasteiger partial charge in [-0.1, -0.05) is 0 Å². The number of rotatable bonds is 5. The fraction of sp³-hybridized carbons (Fsp3) is 0.176. The molecule has 0 saturated carbocycles. The van der Waals surface area contributed by atoms with Crippen LogP contribution in [0.3, 0.4) is 0 Å². The highest BCUT2D eigenvalue weighted by Crippen LogP contribution is 2.27. The molecule has 23 heavy (non-hydrogen) atoms. The Balaban J connectivity index is 2.12. The molecule has 2 rings (SSSR count). The number of carbonyl (C=O) groups excluding carboxylic acids is 1. The third-order valence-electron chi connectivity index (χ3n) is 3.26. The van der Waals surface area contributed by atoms with Crippen molar-refractivity contribution in [3.05, 3.63) is 53.6 Å². The number of benzene rings is 2. The first-order valence-electron chi connectivity index (χ1n) is 6.91. The Hall–Kier alpha value is -3.02. The number of phenolic OH excluding ortho intramolecular Hbond substituents is 1. The van der Waals surface area contributed by atoms with Gasteiger partial charge in [0.05, 0.1) is 19.9 Å². The molecule has 2 N–H and O–H groups in total. The van der Waals surface area contributed by atoms with Crippen molar-refractivity contribution < 1.29 is 19.4 Å². The highest BCUT2D eigenvalue weighted by Gasteiger charge is 2.10. The molecule has 0 aromatic heterocycles. The second kappa shape index (κ2) is 7.31. The van der Waals surface area contributed by atoms with Gasteiger partial charge in [-0.2, -0.15) is 5.10 Å². The molecule has 0 unspecified atom stereocenters. The lowest BCUT2D eigenvalue weighted by atomic mass is 10.1. The predicted molar refractivity (Wildman–Crippen MR) is 87.3 cm³/mol. The zero-order valence-corrected chi connectivity index (χ0v) is 13.2. The van der Waals surface area contributed by atoms with E-state index < -0.39 is 0 Å². The predicted octanol–water partition coefficient (Wildman–Crippen LogP) is 2.56. The monoisotopic (exact) mass is 314 g/mol. The molecule has 0 heterocycles. The molecule has 0 aliphatic heterocycles. The molecule has 0 radical (unpaired) electrons. The molecule has 0 aliphatic rings. The summed E-state index contributed by atoms with van der Waals surface area (Å²) in [6.45, 7) is 1.77. The molecule has 0 spiro atoms. The summed E-state index contributed by atoms with van der Waals surface area (Å²) < 4.78 is 10.3. The van der Waals surface area contributed by atoms with Gasteiger partial charge in [-0.3, -0.25) is 4.79 Å². The van der Waals surface area contributed by atoms with Gasteiger partial charge >= 0.3 is 0 Å². The van der Waals surface area contributed by atoms with Gasteiger partial charge in [-0.15, -0.1) is 0 Å². The normalized spacial score (nSPS) is 11.0. The third-order valence-corrected chi connectivity index (χ3v) is 3.26. The van der Waals surface area contributed by atoms with Crippen molar-refractivity contribution in [2.24, 2.45) is 5.10 Å². The zero-order valence-electron chi connectivity index (χ0n) is 13.2. The number of nitrogens with zero attached hydrogens (tertiary/aromatic N) is 1. The molecule has 6 heteroatoms. The van der Waals surface area contributed by atoms with Crippen molar-refractivity contribution in [2.75, 3.05) is 14.2 Å². The molecular formula is C17H18N2O4. The van der Waals surface area contributed by atoms with Gasteiger partial charge in [0.1, 0.15) is 5.75 Å². The number of aromatic hydroxyl groups is 1. The number of amides is 1. The SMILES string of the molecule is COc1ccc(C(=O)N/N=C(\C)c2ccc(O)cc2)cc1OC. The van der Waals surface area contributed by atoms with Gasteiger partial charge in [0.15, 0.2) is 11.5 Å². The second-order valence-corrected chi connectivity index (χ2v) is 4.75. The first kappa shape index (κ1) is 16.4. The van der Waals surface area contributed by atoms with Gasteiger partial charge < -0.3 is 14.6 Å². The van der Waals surface area contributed by atoms with Crippen LogP contribution in [0.2, 0.25) is 0 Å². The Morgan fingerprint density at radius 1 is 1.00 bits per heavy atom. The Morgan fingerprint density at radius 2 is 1.61 bits per heavy atom. The smallest absolute Gasteiger partial charge is 0.271 e. The molecule has 0 bridgehead atoms. The van der Waals surface area contributed by atoms with Crippen molar-refractivity contribution >= 4 is 11.6 Å². The summed E-state index contributed by atoms with van der Waals surface area (Å²) >= 11 is 0. The highest BCUT2D eigenvalue weighted by molar-refractivity contribution is 6.01. The Kier molecular flexibility index (Phi) is 5.19. The average Bonchev–Trinajstić information content (AvgIpc) is 2.59. The van der Waals surface area contributed by atoms with Gasteiger partial charge in [-0.05, 0) is 55.0 Å². The van der Waals surface area contributed by atoms with Crippen LogP contribution in [0, 0.1) is 0 Å². The van der Waals surface area contributed by atoms with Crippen LogP contribution in [0.1, 0.15) is 22.8 Å². The van der Waals surface area contributed by atoms with Gasteiger partial charge in [0.2, 0.25) is 0 Å². The summed E-state index contributed by atoms with van der Waals surface area (Å²) in [7, 11) is 3.04. The fourth-order valence-electron chi connectivity index (χ4n) is 1.94. The molecule has 0 fully saturated rings. The van der Waals surface area contributed by atoms with Crippen LogP contribution in [0.15, 0.2) is 47.6 Å². The van der Waals surface area contributed by atoms with E-state index in [9.17, 15) is 9.90 Å². The molecule has 0 saturated heterocycles. The van der Waals surface area contributed by atoms with E-state index in [-0.39, 0.29) is 11.7 Å². The van der Waals surface area contributed by atoms with Crippen molar-refractivity contribution in [1.82, 2.24) is 5.43 Å². The number of nitrogens with one attached hydrogen (secondary N) is 1. The van der Waals surface area contributed by atoms with Crippen LogP contribution in [-0.4, -0.2) is 30.9 Å². The van der Waals surface area contributed by atoms with E-state index in [0.29, 0.717) is 22.8 Å². The number of hydrogen-bond acceptors (Lipinski definition) is 5. The Morgan fingerprint density at radius 3 is 2.22 bits per heavy atom. The fourth-order valence-corrected chi connectivity index (χ4v) is 1.94. The number of hydrazone groups is 1. The molecule has 1 amide bonds. The van der Waals surface area contributed by atoms with Crippen LogP contribution < -0.4 is 14.9 Å². The number of carbonyl (C=O) groups is 1. The topological polar surface area (TPSA) is 80.2 Å². The van der Waals surface area contributed by atoms with Crippen LogP contribution in [0.25, 0.3) is 0 Å². The number of phenols is 1. The highest BCUT2D eigenvalue weighted by atomic mass is 16.5. The van der Waals surface area contributed by atoms with Crippen LogP contribution in [0.5, 0.6) is 17.2 Å². The van der Waals surface area contributed by atoms with E-state index in [1.54, 1.807) is 49.4 Å². The summed E-state index contributed by atoms with van der Waals surface area (Å²) in [6, 6.07) is 11.4. The van der Waals surface area contributed by atoms with Gasteiger partial charge in [-0.25, -0.2) is 5.43 Å².